The van der Waals surface area contributed by atoms with E-state index in [0.717, 1.165) is 16.7 Å². The van der Waals surface area contributed by atoms with Crippen molar-refractivity contribution in [3.63, 3.8) is 0 Å². The van der Waals surface area contributed by atoms with Gasteiger partial charge >= 0.3 is 5.97 Å². The normalized spacial score (nSPS) is 11.7. The predicted octanol–water partition coefficient (Wildman–Crippen LogP) is 2.98. The van der Waals surface area contributed by atoms with Crippen LogP contribution >= 0.6 is 0 Å². The Labute approximate surface area is 136 Å². The standard InChI is InChI=1S/C19H21NO3/c1-13-6-5-8-15(10-13)11-16(19(22)23)12-20-18(21)17-9-4-3-7-14(17)2/h3-10,16H,11-12H2,1-2H3,(H,20,21)(H,22,23). The lowest BCUT2D eigenvalue weighted by Gasteiger charge is -2.14. The van der Waals surface area contributed by atoms with Gasteiger partial charge in [-0.15, -0.1) is 0 Å². The van der Waals surface area contributed by atoms with E-state index in [1.54, 1.807) is 12.1 Å². The maximum absolute atomic E-state index is 12.2. The van der Waals surface area contributed by atoms with Crippen molar-refractivity contribution in [3.05, 3.63) is 70.8 Å². The van der Waals surface area contributed by atoms with E-state index in [9.17, 15) is 14.7 Å². The molecular weight excluding hydrogens is 290 g/mol. The minimum absolute atomic E-state index is 0.108. The molecule has 0 saturated heterocycles. The zero-order chi connectivity index (χ0) is 16.8. The molecule has 1 unspecified atom stereocenters. The van der Waals surface area contributed by atoms with E-state index in [4.69, 9.17) is 0 Å². The molecule has 23 heavy (non-hydrogen) atoms. The third-order valence-electron chi connectivity index (χ3n) is 3.81. The molecule has 2 aromatic carbocycles. The number of rotatable bonds is 6. The summed E-state index contributed by atoms with van der Waals surface area (Å²) in [5.41, 5.74) is 3.50. The number of amides is 1. The van der Waals surface area contributed by atoms with Crippen molar-refractivity contribution in [2.45, 2.75) is 20.3 Å². The fourth-order valence-electron chi connectivity index (χ4n) is 2.51. The van der Waals surface area contributed by atoms with Crippen LogP contribution in [0.1, 0.15) is 27.0 Å². The van der Waals surface area contributed by atoms with E-state index in [-0.39, 0.29) is 12.5 Å². The van der Waals surface area contributed by atoms with Crippen LogP contribution in [0.25, 0.3) is 0 Å². The van der Waals surface area contributed by atoms with Crippen LogP contribution in [0.2, 0.25) is 0 Å². The number of carbonyl (C=O) groups is 2. The molecule has 120 valence electrons. The molecule has 0 aliphatic carbocycles. The number of nitrogens with one attached hydrogen (secondary N) is 1. The third kappa shape index (κ3) is 4.68. The van der Waals surface area contributed by atoms with E-state index in [0.29, 0.717) is 12.0 Å². The molecule has 2 aromatic rings. The Kier molecular flexibility index (Phi) is 5.52. The largest absolute Gasteiger partial charge is 0.481 e. The monoisotopic (exact) mass is 311 g/mol. The molecule has 0 spiro atoms. The van der Waals surface area contributed by atoms with E-state index in [2.05, 4.69) is 5.32 Å². The van der Waals surface area contributed by atoms with Crippen molar-refractivity contribution in [2.75, 3.05) is 6.54 Å². The van der Waals surface area contributed by atoms with Crippen molar-refractivity contribution in [1.82, 2.24) is 5.32 Å². The highest BCUT2D eigenvalue weighted by molar-refractivity contribution is 5.95. The summed E-state index contributed by atoms with van der Waals surface area (Å²) in [6, 6.07) is 15.0. The van der Waals surface area contributed by atoms with Gasteiger partial charge in [0, 0.05) is 12.1 Å². The van der Waals surface area contributed by atoms with E-state index in [1.807, 2.05) is 50.2 Å². The van der Waals surface area contributed by atoms with Crippen LogP contribution in [0, 0.1) is 19.8 Å². The number of benzene rings is 2. The van der Waals surface area contributed by atoms with Gasteiger partial charge in [0.1, 0.15) is 0 Å². The summed E-state index contributed by atoms with van der Waals surface area (Å²) >= 11 is 0. The molecule has 0 bridgehead atoms. The number of carboxylic acid groups (broad SMARTS) is 1. The summed E-state index contributed by atoms with van der Waals surface area (Å²) in [5.74, 6) is -1.79. The molecule has 0 radical (unpaired) electrons. The number of carbonyl (C=O) groups excluding carboxylic acids is 1. The molecular formula is C19H21NO3. The van der Waals surface area contributed by atoms with E-state index in [1.165, 1.54) is 0 Å². The fraction of sp³-hybridized carbons (Fsp3) is 0.263. The van der Waals surface area contributed by atoms with Gasteiger partial charge in [-0.1, -0.05) is 48.0 Å². The highest BCUT2D eigenvalue weighted by atomic mass is 16.4. The summed E-state index contributed by atoms with van der Waals surface area (Å²) in [7, 11) is 0. The molecule has 0 aliphatic heterocycles. The molecule has 0 saturated carbocycles. The maximum atomic E-state index is 12.2. The summed E-state index contributed by atoms with van der Waals surface area (Å²) in [4.78, 5) is 23.6. The number of aryl methyl sites for hydroxylation is 2. The van der Waals surface area contributed by atoms with Gasteiger partial charge in [-0.05, 0) is 37.5 Å². The highest BCUT2D eigenvalue weighted by Gasteiger charge is 2.19. The molecule has 2 rings (SSSR count). The van der Waals surface area contributed by atoms with Gasteiger partial charge in [0.2, 0.25) is 0 Å². The molecule has 0 aliphatic rings. The van der Waals surface area contributed by atoms with Crippen LogP contribution in [0.3, 0.4) is 0 Å². The second kappa shape index (κ2) is 7.58. The smallest absolute Gasteiger partial charge is 0.308 e. The van der Waals surface area contributed by atoms with Gasteiger partial charge in [0.05, 0.1) is 5.92 Å². The minimum Gasteiger partial charge on any atom is -0.481 e. The third-order valence-corrected chi connectivity index (χ3v) is 3.81. The summed E-state index contributed by atoms with van der Waals surface area (Å²) in [6.07, 6.45) is 0.394. The molecule has 0 aromatic heterocycles. The highest BCUT2D eigenvalue weighted by Crippen LogP contribution is 2.12. The van der Waals surface area contributed by atoms with Crippen molar-refractivity contribution in [1.29, 1.82) is 0 Å². The lowest BCUT2D eigenvalue weighted by molar-refractivity contribution is -0.141. The zero-order valence-electron chi connectivity index (χ0n) is 13.4. The maximum Gasteiger partial charge on any atom is 0.308 e. The van der Waals surface area contributed by atoms with Gasteiger partial charge in [0.15, 0.2) is 0 Å². The Morgan fingerprint density at radius 1 is 1.09 bits per heavy atom. The van der Waals surface area contributed by atoms with E-state index < -0.39 is 11.9 Å². The quantitative estimate of drug-likeness (QED) is 0.862. The lowest BCUT2D eigenvalue weighted by atomic mass is 9.98. The Bertz CT molecular complexity index is 709. The average Bonchev–Trinajstić information content (AvgIpc) is 2.51. The van der Waals surface area contributed by atoms with Gasteiger partial charge in [0.25, 0.3) is 5.91 Å². The Morgan fingerprint density at radius 3 is 2.48 bits per heavy atom. The first-order valence-corrected chi connectivity index (χ1v) is 7.59. The van der Waals surface area contributed by atoms with Gasteiger partial charge < -0.3 is 10.4 Å². The van der Waals surface area contributed by atoms with Crippen molar-refractivity contribution in [3.8, 4) is 0 Å². The Hall–Kier alpha value is -2.62. The first-order valence-electron chi connectivity index (χ1n) is 7.59. The van der Waals surface area contributed by atoms with Gasteiger partial charge in [-0.3, -0.25) is 9.59 Å². The van der Waals surface area contributed by atoms with Crippen molar-refractivity contribution in [2.24, 2.45) is 5.92 Å². The SMILES string of the molecule is Cc1cccc(CC(CNC(=O)c2ccccc2C)C(=O)O)c1. The average molecular weight is 311 g/mol. The van der Waals surface area contributed by atoms with Gasteiger partial charge in [-0.25, -0.2) is 0 Å². The molecule has 0 fully saturated rings. The van der Waals surface area contributed by atoms with Crippen molar-refractivity contribution >= 4 is 11.9 Å². The number of aliphatic carboxylic acids is 1. The van der Waals surface area contributed by atoms with E-state index >= 15 is 0 Å². The topological polar surface area (TPSA) is 66.4 Å². The predicted molar refractivity (Wildman–Crippen MR) is 89.5 cm³/mol. The summed E-state index contributed by atoms with van der Waals surface area (Å²) in [5, 5.41) is 12.1. The van der Waals surface area contributed by atoms with Crippen LogP contribution in [0.4, 0.5) is 0 Å². The first-order chi connectivity index (χ1) is 11.0. The summed E-state index contributed by atoms with van der Waals surface area (Å²) < 4.78 is 0. The summed E-state index contributed by atoms with van der Waals surface area (Å²) in [6.45, 7) is 3.94. The fourth-order valence-corrected chi connectivity index (χ4v) is 2.51. The molecule has 1 amide bonds. The van der Waals surface area contributed by atoms with Crippen LogP contribution in [-0.4, -0.2) is 23.5 Å². The minimum atomic E-state index is -0.906. The Balaban J connectivity index is 2.01. The number of carboxylic acids is 1. The van der Waals surface area contributed by atoms with Gasteiger partial charge in [-0.2, -0.15) is 0 Å². The molecule has 2 N–H and O–H groups in total. The molecule has 1 atom stereocenters. The molecule has 4 nitrogen and oxygen atoms in total. The van der Waals surface area contributed by atoms with Crippen LogP contribution in [-0.2, 0) is 11.2 Å². The Morgan fingerprint density at radius 2 is 1.83 bits per heavy atom. The second-order valence-electron chi connectivity index (χ2n) is 5.75. The number of hydrogen-bond donors (Lipinski definition) is 2. The molecule has 0 heterocycles. The second-order valence-corrected chi connectivity index (χ2v) is 5.75. The van der Waals surface area contributed by atoms with Crippen LogP contribution in [0.15, 0.2) is 48.5 Å². The lowest BCUT2D eigenvalue weighted by Crippen LogP contribution is -2.34. The van der Waals surface area contributed by atoms with Crippen LogP contribution in [0.5, 0.6) is 0 Å². The van der Waals surface area contributed by atoms with Crippen molar-refractivity contribution < 1.29 is 14.7 Å². The zero-order valence-corrected chi connectivity index (χ0v) is 13.4. The van der Waals surface area contributed by atoms with Crippen LogP contribution < -0.4 is 5.32 Å². The number of hydrogen-bond acceptors (Lipinski definition) is 2. The first kappa shape index (κ1) is 16.7. The molecule has 4 heteroatoms.